The zero-order chi connectivity index (χ0) is 13.7. The number of rotatable bonds is 5. The molecule has 1 heterocycles. The topological polar surface area (TPSA) is 48.4 Å². The van der Waals surface area contributed by atoms with Crippen LogP contribution in [0, 0.1) is 5.82 Å². The van der Waals surface area contributed by atoms with Crippen LogP contribution in [0.4, 0.5) is 4.39 Å². The summed E-state index contributed by atoms with van der Waals surface area (Å²) in [6.07, 6.45) is 3.35. The van der Waals surface area contributed by atoms with Gasteiger partial charge in [-0.05, 0) is 24.3 Å². The van der Waals surface area contributed by atoms with Gasteiger partial charge in [0.25, 0.3) is 0 Å². The first-order valence-electron chi connectivity index (χ1n) is 5.58. The maximum Gasteiger partial charge on any atom is 0.162 e. The molecule has 0 saturated heterocycles. The average molecular weight is 261 g/mol. The number of pyridine rings is 1. The Morgan fingerprint density at radius 2 is 2.11 bits per heavy atom. The van der Waals surface area contributed by atoms with Gasteiger partial charge in [0.2, 0.25) is 0 Å². The van der Waals surface area contributed by atoms with Gasteiger partial charge in [-0.25, -0.2) is 4.39 Å². The molecule has 0 amide bonds. The fourth-order valence-corrected chi connectivity index (χ4v) is 1.58. The number of aromatic nitrogens is 1. The normalized spacial score (nSPS) is 10.0. The molecular formula is C14H12FNO3. The molecule has 0 spiro atoms. The Morgan fingerprint density at radius 3 is 2.79 bits per heavy atom. The van der Waals surface area contributed by atoms with Gasteiger partial charge in [-0.1, -0.05) is 0 Å². The van der Waals surface area contributed by atoms with E-state index < -0.39 is 5.82 Å². The van der Waals surface area contributed by atoms with Crippen molar-refractivity contribution < 1.29 is 18.7 Å². The Balaban J connectivity index is 2.16. The van der Waals surface area contributed by atoms with Crippen LogP contribution in [0.5, 0.6) is 11.5 Å². The van der Waals surface area contributed by atoms with E-state index in [9.17, 15) is 9.18 Å². The summed E-state index contributed by atoms with van der Waals surface area (Å²) in [6.45, 7) is 0.142. The highest BCUT2D eigenvalue weighted by Crippen LogP contribution is 2.28. The van der Waals surface area contributed by atoms with Gasteiger partial charge in [0.1, 0.15) is 18.7 Å². The van der Waals surface area contributed by atoms with Crippen molar-refractivity contribution in [2.24, 2.45) is 0 Å². The molecular weight excluding hydrogens is 249 g/mol. The van der Waals surface area contributed by atoms with E-state index in [4.69, 9.17) is 9.47 Å². The highest BCUT2D eigenvalue weighted by atomic mass is 19.1. The van der Waals surface area contributed by atoms with Gasteiger partial charge in [-0.2, -0.15) is 0 Å². The number of ether oxygens (including phenoxy) is 2. The largest absolute Gasteiger partial charge is 0.493 e. The van der Waals surface area contributed by atoms with E-state index in [2.05, 4.69) is 4.98 Å². The summed E-state index contributed by atoms with van der Waals surface area (Å²) in [6, 6.07) is 6.17. The number of nitrogens with zero attached hydrogens (tertiary/aromatic N) is 1. The summed E-state index contributed by atoms with van der Waals surface area (Å²) < 4.78 is 23.6. The fourth-order valence-electron chi connectivity index (χ4n) is 1.58. The SMILES string of the molecule is COc1ccc(C=O)cc1OCc1cncc(F)c1. The van der Waals surface area contributed by atoms with Crippen LogP contribution in [0.25, 0.3) is 0 Å². The minimum atomic E-state index is -0.422. The molecule has 2 aromatic rings. The number of hydrogen-bond acceptors (Lipinski definition) is 4. The minimum absolute atomic E-state index is 0.142. The molecule has 0 fully saturated rings. The lowest BCUT2D eigenvalue weighted by atomic mass is 10.2. The first-order valence-corrected chi connectivity index (χ1v) is 5.58. The van der Waals surface area contributed by atoms with Crippen LogP contribution in [0.3, 0.4) is 0 Å². The lowest BCUT2D eigenvalue weighted by Crippen LogP contribution is -1.99. The van der Waals surface area contributed by atoms with Crippen molar-refractivity contribution in [1.29, 1.82) is 0 Å². The third kappa shape index (κ3) is 3.28. The van der Waals surface area contributed by atoms with E-state index in [1.807, 2.05) is 0 Å². The molecule has 0 aliphatic rings. The van der Waals surface area contributed by atoms with E-state index in [-0.39, 0.29) is 6.61 Å². The molecule has 0 radical (unpaired) electrons. The third-order valence-corrected chi connectivity index (χ3v) is 2.48. The van der Waals surface area contributed by atoms with E-state index in [0.717, 1.165) is 12.5 Å². The van der Waals surface area contributed by atoms with Gasteiger partial charge in [-0.15, -0.1) is 0 Å². The summed E-state index contributed by atoms with van der Waals surface area (Å²) in [7, 11) is 1.51. The van der Waals surface area contributed by atoms with Crippen LogP contribution in [-0.2, 0) is 6.61 Å². The first kappa shape index (κ1) is 13.0. The summed E-state index contributed by atoms with van der Waals surface area (Å²) in [5.74, 6) is 0.515. The number of methoxy groups -OCH3 is 1. The summed E-state index contributed by atoms with van der Waals surface area (Å²) in [4.78, 5) is 14.5. The highest BCUT2D eigenvalue weighted by molar-refractivity contribution is 5.76. The Bertz CT molecular complexity index is 587. The molecule has 1 aromatic carbocycles. The van der Waals surface area contributed by atoms with Crippen LogP contribution in [-0.4, -0.2) is 18.4 Å². The standard InChI is InChI=1S/C14H12FNO3/c1-18-13-3-2-10(8-17)5-14(13)19-9-11-4-12(15)7-16-6-11/h2-8H,9H2,1H3. The van der Waals surface area contributed by atoms with Gasteiger partial charge in [0.15, 0.2) is 11.5 Å². The minimum Gasteiger partial charge on any atom is -0.493 e. The van der Waals surface area contributed by atoms with Gasteiger partial charge in [-0.3, -0.25) is 9.78 Å². The number of carbonyl (C=O) groups excluding carboxylic acids is 1. The van der Waals surface area contributed by atoms with Crippen LogP contribution < -0.4 is 9.47 Å². The van der Waals surface area contributed by atoms with Crippen LogP contribution >= 0.6 is 0 Å². The zero-order valence-corrected chi connectivity index (χ0v) is 10.3. The van der Waals surface area contributed by atoms with Crippen LogP contribution in [0.1, 0.15) is 15.9 Å². The quantitative estimate of drug-likeness (QED) is 0.776. The molecule has 0 N–H and O–H groups in total. The zero-order valence-electron chi connectivity index (χ0n) is 10.3. The number of aldehydes is 1. The number of halogens is 1. The molecule has 4 nitrogen and oxygen atoms in total. The van der Waals surface area contributed by atoms with Gasteiger partial charge in [0.05, 0.1) is 13.3 Å². The highest BCUT2D eigenvalue weighted by Gasteiger charge is 2.06. The van der Waals surface area contributed by atoms with Crippen molar-refractivity contribution in [2.45, 2.75) is 6.61 Å². The number of benzene rings is 1. The Labute approximate surface area is 109 Å². The first-order chi connectivity index (χ1) is 9.22. The molecule has 5 heteroatoms. The van der Waals surface area contributed by atoms with Crippen molar-refractivity contribution in [3.05, 3.63) is 53.6 Å². The second-order valence-electron chi connectivity index (χ2n) is 3.83. The molecule has 0 atom stereocenters. The third-order valence-electron chi connectivity index (χ3n) is 2.48. The Hall–Kier alpha value is -2.43. The van der Waals surface area contributed by atoms with E-state index >= 15 is 0 Å². The molecule has 0 saturated carbocycles. The van der Waals surface area contributed by atoms with Crippen molar-refractivity contribution in [3.63, 3.8) is 0 Å². The van der Waals surface area contributed by atoms with Crippen molar-refractivity contribution in [3.8, 4) is 11.5 Å². The second kappa shape index (κ2) is 5.95. The molecule has 19 heavy (non-hydrogen) atoms. The molecule has 0 bridgehead atoms. The molecule has 1 aromatic heterocycles. The fraction of sp³-hybridized carbons (Fsp3) is 0.143. The predicted octanol–water partition coefficient (Wildman–Crippen LogP) is 2.62. The smallest absolute Gasteiger partial charge is 0.162 e. The van der Waals surface area contributed by atoms with Crippen molar-refractivity contribution in [1.82, 2.24) is 4.98 Å². The van der Waals surface area contributed by atoms with Crippen LogP contribution in [0.2, 0.25) is 0 Å². The summed E-state index contributed by atoms with van der Waals surface area (Å²) in [5.41, 5.74) is 1.08. The summed E-state index contributed by atoms with van der Waals surface area (Å²) >= 11 is 0. The van der Waals surface area contributed by atoms with E-state index in [1.54, 1.807) is 18.2 Å². The summed E-state index contributed by atoms with van der Waals surface area (Å²) in [5, 5.41) is 0. The van der Waals surface area contributed by atoms with Gasteiger partial charge in [0, 0.05) is 17.3 Å². The van der Waals surface area contributed by atoms with E-state index in [0.29, 0.717) is 22.6 Å². The van der Waals surface area contributed by atoms with Crippen LogP contribution in [0.15, 0.2) is 36.7 Å². The maximum absolute atomic E-state index is 13.0. The number of hydrogen-bond donors (Lipinski definition) is 0. The maximum atomic E-state index is 13.0. The van der Waals surface area contributed by atoms with Crippen molar-refractivity contribution >= 4 is 6.29 Å². The lowest BCUT2D eigenvalue weighted by molar-refractivity contribution is 0.112. The van der Waals surface area contributed by atoms with Gasteiger partial charge >= 0.3 is 0 Å². The van der Waals surface area contributed by atoms with Crippen molar-refractivity contribution in [2.75, 3.05) is 7.11 Å². The van der Waals surface area contributed by atoms with Gasteiger partial charge < -0.3 is 9.47 Å². The Kier molecular flexibility index (Phi) is 4.07. The average Bonchev–Trinajstić information content (AvgIpc) is 2.45. The Morgan fingerprint density at radius 1 is 1.26 bits per heavy atom. The molecule has 0 unspecified atom stereocenters. The number of carbonyl (C=O) groups is 1. The molecule has 0 aliphatic heterocycles. The second-order valence-corrected chi connectivity index (χ2v) is 3.83. The molecule has 98 valence electrons. The molecule has 0 aliphatic carbocycles. The predicted molar refractivity (Wildman–Crippen MR) is 66.9 cm³/mol. The molecule has 2 rings (SSSR count). The lowest BCUT2D eigenvalue weighted by Gasteiger charge is -2.11. The van der Waals surface area contributed by atoms with E-state index in [1.165, 1.54) is 19.4 Å². The monoisotopic (exact) mass is 261 g/mol.